The van der Waals surface area contributed by atoms with Crippen LogP contribution in [0.3, 0.4) is 0 Å². The van der Waals surface area contributed by atoms with Gasteiger partial charge in [-0.3, -0.25) is 0 Å². The first kappa shape index (κ1) is 17.2. The first-order valence-corrected chi connectivity index (χ1v) is 6.97. The van der Waals surface area contributed by atoms with E-state index in [4.69, 9.17) is 5.14 Å². The summed E-state index contributed by atoms with van der Waals surface area (Å²) >= 11 is 0. The van der Waals surface area contributed by atoms with E-state index in [0.717, 1.165) is 13.1 Å². The van der Waals surface area contributed by atoms with Gasteiger partial charge >= 0.3 is 0 Å². The second kappa shape index (κ2) is 9.08. The molecule has 6 heteroatoms. The maximum Gasteiger partial charge on any atom is 0.276 e. The summed E-state index contributed by atoms with van der Waals surface area (Å²) in [5.74, 6) is 0. The fraction of sp³-hybridized carbons (Fsp3) is 1.00. The predicted octanol–water partition coefficient (Wildman–Crippen LogP) is 0.490. The Bertz CT molecular complexity index is 222. The van der Waals surface area contributed by atoms with Crippen molar-refractivity contribution in [1.29, 1.82) is 0 Å². The van der Waals surface area contributed by atoms with E-state index in [2.05, 4.69) is 4.90 Å². The fourth-order valence-corrected chi connectivity index (χ4v) is 1.71. The zero-order valence-corrected chi connectivity index (χ0v) is 11.3. The van der Waals surface area contributed by atoms with E-state index < -0.39 is 10.2 Å². The molecule has 1 heterocycles. The van der Waals surface area contributed by atoms with Gasteiger partial charge < -0.3 is 4.90 Å². The number of rotatable bonds is 1. The van der Waals surface area contributed by atoms with Crippen molar-refractivity contribution in [3.63, 3.8) is 0 Å². The molecule has 0 aromatic carbocycles. The van der Waals surface area contributed by atoms with Gasteiger partial charge in [-0.25, -0.2) is 5.14 Å². The molecule has 2 N–H and O–H groups in total. The lowest BCUT2D eigenvalue weighted by molar-refractivity contribution is 0.222. The van der Waals surface area contributed by atoms with Crippen LogP contribution in [0.5, 0.6) is 0 Å². The molecule has 0 unspecified atom stereocenters. The number of hydrogen-bond donors (Lipinski definition) is 1. The van der Waals surface area contributed by atoms with Crippen LogP contribution in [0.2, 0.25) is 0 Å². The molecule has 0 bridgehead atoms. The Hall–Kier alpha value is -0.170. The van der Waals surface area contributed by atoms with E-state index in [9.17, 15) is 8.42 Å². The molecule has 0 aliphatic carbocycles. The molecule has 0 spiro atoms. The molecule has 0 atom stereocenters. The highest BCUT2D eigenvalue weighted by Gasteiger charge is 2.21. The van der Waals surface area contributed by atoms with Gasteiger partial charge in [0.25, 0.3) is 10.2 Å². The molecule has 15 heavy (non-hydrogen) atoms. The van der Waals surface area contributed by atoms with Gasteiger partial charge in [-0.05, 0) is 7.05 Å². The first-order valence-electron chi connectivity index (χ1n) is 5.46. The van der Waals surface area contributed by atoms with E-state index in [0.29, 0.717) is 13.1 Å². The van der Waals surface area contributed by atoms with Gasteiger partial charge in [0.05, 0.1) is 0 Å². The third kappa shape index (κ3) is 7.72. The maximum absolute atomic E-state index is 10.8. The molecule has 1 aliphatic heterocycles. The van der Waals surface area contributed by atoms with Crippen molar-refractivity contribution in [3.05, 3.63) is 0 Å². The van der Waals surface area contributed by atoms with Gasteiger partial charge in [0.15, 0.2) is 0 Å². The summed E-state index contributed by atoms with van der Waals surface area (Å²) in [5.41, 5.74) is 0. The van der Waals surface area contributed by atoms with Crippen LogP contribution in [0.25, 0.3) is 0 Å². The minimum Gasteiger partial charge on any atom is -0.304 e. The molecule has 0 saturated carbocycles. The quantitative estimate of drug-likeness (QED) is 0.724. The van der Waals surface area contributed by atoms with Crippen molar-refractivity contribution in [2.45, 2.75) is 27.7 Å². The van der Waals surface area contributed by atoms with Gasteiger partial charge in [0.2, 0.25) is 0 Å². The van der Waals surface area contributed by atoms with Crippen LogP contribution >= 0.6 is 0 Å². The molecule has 0 radical (unpaired) electrons. The van der Waals surface area contributed by atoms with Gasteiger partial charge in [-0.2, -0.15) is 12.7 Å². The Labute approximate surface area is 94.4 Å². The molecule has 94 valence electrons. The first-order chi connectivity index (χ1) is 7.00. The molecule has 5 nitrogen and oxygen atoms in total. The zero-order chi connectivity index (χ0) is 12.5. The Balaban J connectivity index is 0. The third-order valence-corrected chi connectivity index (χ3v) is 2.91. The van der Waals surface area contributed by atoms with Crippen LogP contribution in [0.4, 0.5) is 0 Å². The molecule has 1 rings (SSSR count). The van der Waals surface area contributed by atoms with E-state index in [1.54, 1.807) is 0 Å². The minimum atomic E-state index is -3.44. The van der Waals surface area contributed by atoms with Crippen LogP contribution in [-0.2, 0) is 10.2 Å². The molecule has 1 fully saturated rings. The summed E-state index contributed by atoms with van der Waals surface area (Å²) in [6.45, 7) is 10.5. The number of likely N-dealkylation sites (N-methyl/N-ethyl adjacent to an activating group) is 1. The maximum atomic E-state index is 10.8. The predicted molar refractivity (Wildman–Crippen MR) is 64.9 cm³/mol. The fourth-order valence-electron chi connectivity index (χ4n) is 1.04. The Morgan fingerprint density at radius 1 is 0.933 bits per heavy atom. The van der Waals surface area contributed by atoms with Crippen molar-refractivity contribution >= 4 is 10.2 Å². The van der Waals surface area contributed by atoms with E-state index in [-0.39, 0.29) is 0 Å². The van der Waals surface area contributed by atoms with Crippen molar-refractivity contribution in [2.75, 3.05) is 33.2 Å². The van der Waals surface area contributed by atoms with E-state index in [1.165, 1.54) is 4.31 Å². The second-order valence-electron chi connectivity index (χ2n) is 2.75. The van der Waals surface area contributed by atoms with Crippen molar-refractivity contribution in [2.24, 2.45) is 5.14 Å². The second-order valence-corrected chi connectivity index (χ2v) is 4.29. The molecular weight excluding hydrogens is 214 g/mol. The monoisotopic (exact) mass is 239 g/mol. The lowest BCUT2D eigenvalue weighted by Crippen LogP contribution is -2.49. The van der Waals surface area contributed by atoms with E-state index in [1.807, 2.05) is 34.7 Å². The van der Waals surface area contributed by atoms with Crippen LogP contribution < -0.4 is 5.14 Å². The van der Waals surface area contributed by atoms with Gasteiger partial charge in [-0.1, -0.05) is 27.7 Å². The summed E-state index contributed by atoms with van der Waals surface area (Å²) < 4.78 is 22.9. The van der Waals surface area contributed by atoms with Crippen LogP contribution in [-0.4, -0.2) is 50.8 Å². The Morgan fingerprint density at radius 2 is 1.27 bits per heavy atom. The SMILES string of the molecule is CC.CC.CN1CCN(S(N)(=O)=O)CC1. The molecule has 1 aliphatic rings. The highest BCUT2D eigenvalue weighted by atomic mass is 32.2. The Morgan fingerprint density at radius 3 is 1.53 bits per heavy atom. The third-order valence-electron chi connectivity index (χ3n) is 1.82. The highest BCUT2D eigenvalue weighted by molar-refractivity contribution is 7.86. The summed E-state index contributed by atoms with van der Waals surface area (Å²) in [4.78, 5) is 2.07. The summed E-state index contributed by atoms with van der Waals surface area (Å²) in [5, 5.41) is 4.94. The topological polar surface area (TPSA) is 66.6 Å². The highest BCUT2D eigenvalue weighted by Crippen LogP contribution is 2.01. The van der Waals surface area contributed by atoms with Crippen molar-refractivity contribution in [1.82, 2.24) is 9.21 Å². The molecule has 0 aromatic heterocycles. The smallest absolute Gasteiger partial charge is 0.276 e. The minimum absolute atomic E-state index is 0.509. The molecular formula is C9H25N3O2S. The number of hydrogen-bond acceptors (Lipinski definition) is 3. The number of nitrogens with zero attached hydrogens (tertiary/aromatic N) is 2. The van der Waals surface area contributed by atoms with Gasteiger partial charge in [-0.15, -0.1) is 0 Å². The zero-order valence-electron chi connectivity index (χ0n) is 10.5. The largest absolute Gasteiger partial charge is 0.304 e. The lowest BCUT2D eigenvalue weighted by Gasteiger charge is -2.29. The van der Waals surface area contributed by atoms with Crippen LogP contribution in [0.1, 0.15) is 27.7 Å². The Kier molecular flexibility index (Phi) is 10.4. The normalized spacial score (nSPS) is 18.3. The average Bonchev–Trinajstić information content (AvgIpc) is 2.23. The van der Waals surface area contributed by atoms with Crippen LogP contribution in [0.15, 0.2) is 0 Å². The van der Waals surface area contributed by atoms with Crippen molar-refractivity contribution < 1.29 is 8.42 Å². The number of piperazine rings is 1. The lowest BCUT2D eigenvalue weighted by atomic mass is 10.4. The summed E-state index contributed by atoms with van der Waals surface area (Å²) in [6.07, 6.45) is 0. The standard InChI is InChI=1S/C5H13N3O2S.2C2H6/c1-7-2-4-8(5-3-7)11(6,9)10;2*1-2/h2-5H2,1H3,(H2,6,9,10);2*1-2H3. The summed E-state index contributed by atoms with van der Waals surface area (Å²) in [6, 6.07) is 0. The summed E-state index contributed by atoms with van der Waals surface area (Å²) in [7, 11) is -1.48. The molecule has 0 aromatic rings. The molecule has 0 amide bonds. The van der Waals surface area contributed by atoms with E-state index >= 15 is 0 Å². The van der Waals surface area contributed by atoms with Gasteiger partial charge in [0.1, 0.15) is 0 Å². The van der Waals surface area contributed by atoms with Crippen molar-refractivity contribution in [3.8, 4) is 0 Å². The molecule has 1 saturated heterocycles. The van der Waals surface area contributed by atoms with Gasteiger partial charge in [0, 0.05) is 26.2 Å². The number of nitrogens with two attached hydrogens (primary N) is 1. The van der Waals surface area contributed by atoms with Crippen LogP contribution in [0, 0.1) is 0 Å². The average molecular weight is 239 g/mol.